The molecule has 2 rings (SSSR count). The number of thioether (sulfide) groups is 1. The lowest BCUT2D eigenvalue weighted by Gasteiger charge is -2.31. The summed E-state index contributed by atoms with van der Waals surface area (Å²) >= 11 is 1.72. The van der Waals surface area contributed by atoms with E-state index < -0.39 is 5.60 Å². The minimum atomic E-state index is -0.504. The standard InChI is InChI=1S/C14H19NO3S/c1-14(2,3)18-13(17)15-6-7-19-12-5-4-10(9-16)8-11(12)15/h4-5,8,16H,6-7,9H2,1-3H3. The Hall–Kier alpha value is -1.20. The van der Waals surface area contributed by atoms with E-state index >= 15 is 0 Å². The van der Waals surface area contributed by atoms with Gasteiger partial charge in [-0.3, -0.25) is 4.90 Å². The Morgan fingerprint density at radius 3 is 2.84 bits per heavy atom. The molecule has 0 fully saturated rings. The molecule has 19 heavy (non-hydrogen) atoms. The molecule has 1 heterocycles. The summed E-state index contributed by atoms with van der Waals surface area (Å²) in [6.07, 6.45) is -0.330. The predicted octanol–water partition coefficient (Wildman–Crippen LogP) is 3.03. The largest absolute Gasteiger partial charge is 0.443 e. The molecule has 1 amide bonds. The predicted molar refractivity (Wildman–Crippen MR) is 76.7 cm³/mol. The molecule has 1 aromatic rings. The maximum Gasteiger partial charge on any atom is 0.414 e. The molecule has 0 aliphatic carbocycles. The van der Waals surface area contributed by atoms with Crippen LogP contribution in [0, 0.1) is 0 Å². The Labute approximate surface area is 117 Å². The number of anilines is 1. The van der Waals surface area contributed by atoms with Crippen LogP contribution in [0.5, 0.6) is 0 Å². The maximum atomic E-state index is 12.2. The highest BCUT2D eigenvalue weighted by molar-refractivity contribution is 7.99. The van der Waals surface area contributed by atoms with Crippen LogP contribution in [0.3, 0.4) is 0 Å². The van der Waals surface area contributed by atoms with E-state index in [2.05, 4.69) is 0 Å². The Bertz CT molecular complexity index is 482. The van der Waals surface area contributed by atoms with Gasteiger partial charge >= 0.3 is 6.09 Å². The summed E-state index contributed by atoms with van der Waals surface area (Å²) in [5.41, 5.74) is 1.13. The quantitative estimate of drug-likeness (QED) is 0.859. The van der Waals surface area contributed by atoms with Crippen LogP contribution in [0.15, 0.2) is 23.1 Å². The molecule has 4 nitrogen and oxygen atoms in total. The fourth-order valence-corrected chi connectivity index (χ4v) is 2.84. The number of aliphatic hydroxyl groups is 1. The zero-order valence-corrected chi connectivity index (χ0v) is 12.3. The van der Waals surface area contributed by atoms with Gasteiger partial charge in [-0.2, -0.15) is 0 Å². The van der Waals surface area contributed by atoms with Gasteiger partial charge in [0.05, 0.1) is 12.3 Å². The molecule has 104 valence electrons. The molecule has 0 unspecified atom stereocenters. The number of rotatable bonds is 1. The normalized spacial score (nSPS) is 15.1. The van der Waals surface area contributed by atoms with Gasteiger partial charge in [-0.15, -0.1) is 11.8 Å². The number of ether oxygens (including phenoxy) is 1. The molecule has 1 aromatic carbocycles. The highest BCUT2D eigenvalue weighted by atomic mass is 32.2. The summed E-state index contributed by atoms with van der Waals surface area (Å²) in [6, 6.07) is 5.68. The minimum absolute atomic E-state index is 0.0277. The molecular weight excluding hydrogens is 262 g/mol. The van der Waals surface area contributed by atoms with E-state index in [1.54, 1.807) is 16.7 Å². The molecule has 1 aliphatic rings. The van der Waals surface area contributed by atoms with Gasteiger partial charge in [-0.05, 0) is 38.5 Å². The van der Waals surface area contributed by atoms with Gasteiger partial charge in [-0.25, -0.2) is 4.79 Å². The molecule has 1 N–H and O–H groups in total. The Morgan fingerprint density at radius 2 is 2.21 bits per heavy atom. The summed E-state index contributed by atoms with van der Waals surface area (Å²) in [6.45, 7) is 6.17. The average molecular weight is 281 g/mol. The van der Waals surface area contributed by atoms with E-state index in [9.17, 15) is 9.90 Å². The number of hydrogen-bond donors (Lipinski definition) is 1. The van der Waals surface area contributed by atoms with Crippen LogP contribution >= 0.6 is 11.8 Å². The van der Waals surface area contributed by atoms with E-state index in [4.69, 9.17) is 4.74 Å². The number of benzene rings is 1. The molecule has 5 heteroatoms. The van der Waals surface area contributed by atoms with Crippen molar-refractivity contribution in [3.8, 4) is 0 Å². The lowest BCUT2D eigenvalue weighted by molar-refractivity contribution is 0.0581. The highest BCUT2D eigenvalue weighted by Crippen LogP contribution is 2.36. The zero-order valence-electron chi connectivity index (χ0n) is 11.5. The van der Waals surface area contributed by atoms with Gasteiger partial charge in [0, 0.05) is 17.2 Å². The van der Waals surface area contributed by atoms with Crippen LogP contribution in [-0.4, -0.2) is 29.1 Å². The Kier molecular flexibility index (Phi) is 4.06. The summed E-state index contributed by atoms with van der Waals surface area (Å²) in [7, 11) is 0. The molecule has 0 spiro atoms. The fraction of sp³-hybridized carbons (Fsp3) is 0.500. The maximum absolute atomic E-state index is 12.2. The van der Waals surface area contributed by atoms with Crippen LogP contribution in [0.2, 0.25) is 0 Å². The number of carbonyl (C=O) groups excluding carboxylic acids is 1. The van der Waals surface area contributed by atoms with Crippen molar-refractivity contribution in [1.29, 1.82) is 0 Å². The Balaban J connectivity index is 2.28. The molecule has 0 radical (unpaired) electrons. The first kappa shape index (κ1) is 14.2. The molecule has 0 atom stereocenters. The third-order valence-electron chi connectivity index (χ3n) is 2.68. The second-order valence-electron chi connectivity index (χ2n) is 5.44. The average Bonchev–Trinajstić information content (AvgIpc) is 2.35. The monoisotopic (exact) mass is 281 g/mol. The van der Waals surface area contributed by atoms with Gasteiger partial charge in [-0.1, -0.05) is 6.07 Å². The van der Waals surface area contributed by atoms with Crippen molar-refractivity contribution in [2.24, 2.45) is 0 Å². The van der Waals surface area contributed by atoms with Crippen molar-refractivity contribution < 1.29 is 14.6 Å². The number of nitrogens with zero attached hydrogens (tertiary/aromatic N) is 1. The van der Waals surface area contributed by atoms with Gasteiger partial charge < -0.3 is 9.84 Å². The van der Waals surface area contributed by atoms with Crippen LogP contribution in [0.4, 0.5) is 10.5 Å². The summed E-state index contributed by atoms with van der Waals surface area (Å²) < 4.78 is 5.42. The summed E-state index contributed by atoms with van der Waals surface area (Å²) in [5, 5.41) is 9.21. The second kappa shape index (κ2) is 5.43. The van der Waals surface area contributed by atoms with E-state index in [1.807, 2.05) is 39.0 Å². The number of hydrogen-bond acceptors (Lipinski definition) is 4. The molecule has 0 saturated carbocycles. The van der Waals surface area contributed by atoms with Crippen LogP contribution in [0.1, 0.15) is 26.3 Å². The molecule has 0 saturated heterocycles. The number of amides is 1. The number of aliphatic hydroxyl groups excluding tert-OH is 1. The summed E-state index contributed by atoms with van der Waals surface area (Å²) in [4.78, 5) is 14.9. The van der Waals surface area contributed by atoms with Crippen molar-refractivity contribution >= 4 is 23.5 Å². The first-order valence-electron chi connectivity index (χ1n) is 6.28. The topological polar surface area (TPSA) is 49.8 Å². The SMILES string of the molecule is CC(C)(C)OC(=O)N1CCSc2ccc(CO)cc21. The molecule has 0 aromatic heterocycles. The second-order valence-corrected chi connectivity index (χ2v) is 6.58. The highest BCUT2D eigenvalue weighted by Gasteiger charge is 2.27. The Morgan fingerprint density at radius 1 is 1.47 bits per heavy atom. The third-order valence-corrected chi connectivity index (χ3v) is 3.73. The van der Waals surface area contributed by atoms with Crippen molar-refractivity contribution in [2.45, 2.75) is 37.9 Å². The van der Waals surface area contributed by atoms with E-state index in [1.165, 1.54) is 0 Å². The first-order valence-corrected chi connectivity index (χ1v) is 7.26. The van der Waals surface area contributed by atoms with Gasteiger partial charge in [0.15, 0.2) is 0 Å². The van der Waals surface area contributed by atoms with Crippen LogP contribution in [-0.2, 0) is 11.3 Å². The zero-order chi connectivity index (χ0) is 14.0. The van der Waals surface area contributed by atoms with Gasteiger partial charge in [0.1, 0.15) is 5.60 Å². The first-order chi connectivity index (χ1) is 8.90. The lowest BCUT2D eigenvalue weighted by atomic mass is 10.2. The van der Waals surface area contributed by atoms with Crippen molar-refractivity contribution in [3.05, 3.63) is 23.8 Å². The van der Waals surface area contributed by atoms with Gasteiger partial charge in [0.2, 0.25) is 0 Å². The van der Waals surface area contributed by atoms with Crippen molar-refractivity contribution in [1.82, 2.24) is 0 Å². The lowest BCUT2D eigenvalue weighted by Crippen LogP contribution is -2.39. The number of fused-ring (bicyclic) bond motifs is 1. The number of carbonyl (C=O) groups is 1. The molecule has 0 bridgehead atoms. The van der Waals surface area contributed by atoms with Crippen LogP contribution < -0.4 is 4.90 Å². The van der Waals surface area contributed by atoms with E-state index in [0.717, 1.165) is 21.9 Å². The van der Waals surface area contributed by atoms with E-state index in [0.29, 0.717) is 6.54 Å². The fourth-order valence-electron chi connectivity index (χ4n) is 1.87. The third kappa shape index (κ3) is 3.42. The van der Waals surface area contributed by atoms with Crippen molar-refractivity contribution in [3.63, 3.8) is 0 Å². The van der Waals surface area contributed by atoms with Crippen LogP contribution in [0.25, 0.3) is 0 Å². The molecule has 1 aliphatic heterocycles. The summed E-state index contributed by atoms with van der Waals surface area (Å²) in [5.74, 6) is 0.852. The van der Waals surface area contributed by atoms with E-state index in [-0.39, 0.29) is 12.7 Å². The van der Waals surface area contributed by atoms with Crippen molar-refractivity contribution in [2.75, 3.05) is 17.2 Å². The smallest absolute Gasteiger partial charge is 0.414 e. The minimum Gasteiger partial charge on any atom is -0.443 e. The molecular formula is C14H19NO3S. The van der Waals surface area contributed by atoms with Gasteiger partial charge in [0.25, 0.3) is 0 Å².